The summed E-state index contributed by atoms with van der Waals surface area (Å²) in [5.74, 6) is 1.69. The fourth-order valence-electron chi connectivity index (χ4n) is 1.44. The van der Waals surface area contributed by atoms with E-state index < -0.39 is 0 Å². The van der Waals surface area contributed by atoms with E-state index >= 15 is 0 Å². The topological polar surface area (TPSA) is 82.8 Å². The maximum absolute atomic E-state index is 5.64. The smallest absolute Gasteiger partial charge is 0.293 e. The Kier molecular flexibility index (Phi) is 2.81. The highest BCUT2D eigenvalue weighted by Crippen LogP contribution is 2.17. The third kappa shape index (κ3) is 2.12. The van der Waals surface area contributed by atoms with Gasteiger partial charge in [-0.15, -0.1) is 16.7 Å². The minimum Gasteiger partial charge on any atom is -0.459 e. The molecule has 0 N–H and O–H groups in total. The molecule has 0 atom stereocenters. The summed E-state index contributed by atoms with van der Waals surface area (Å²) in [6.07, 6.45) is 3.28. The quantitative estimate of drug-likeness (QED) is 0.668. The zero-order valence-electron chi connectivity index (χ0n) is 9.15. The highest BCUT2D eigenvalue weighted by molar-refractivity contribution is 6.16. The standard InChI is InChI=1S/C10H8ClN5O2/c11-4-7-5-16(15-13-7)6-9-12-10(18-14-9)8-2-1-3-17-8/h1-3,5H,4,6H2. The Balaban J connectivity index is 1.77. The Morgan fingerprint density at radius 1 is 1.39 bits per heavy atom. The van der Waals surface area contributed by atoms with E-state index in [4.69, 9.17) is 20.5 Å². The molecule has 7 nitrogen and oxygen atoms in total. The summed E-state index contributed by atoms with van der Waals surface area (Å²) < 4.78 is 11.8. The van der Waals surface area contributed by atoms with Crippen molar-refractivity contribution in [1.82, 2.24) is 25.1 Å². The SMILES string of the molecule is ClCc1cn(Cc2noc(-c3ccco3)n2)nn1. The van der Waals surface area contributed by atoms with Crippen LogP contribution in [0.15, 0.2) is 33.5 Å². The van der Waals surface area contributed by atoms with E-state index in [0.29, 0.717) is 35.6 Å². The van der Waals surface area contributed by atoms with Crippen LogP contribution in [0.25, 0.3) is 11.7 Å². The van der Waals surface area contributed by atoms with Crippen LogP contribution in [0, 0.1) is 0 Å². The predicted molar refractivity (Wildman–Crippen MR) is 60.7 cm³/mol. The molecule has 0 aliphatic heterocycles. The molecule has 0 spiro atoms. The van der Waals surface area contributed by atoms with Gasteiger partial charge >= 0.3 is 0 Å². The second kappa shape index (κ2) is 4.61. The van der Waals surface area contributed by atoms with Crippen LogP contribution in [0.2, 0.25) is 0 Å². The van der Waals surface area contributed by atoms with E-state index in [2.05, 4.69) is 20.5 Å². The number of hydrogen-bond acceptors (Lipinski definition) is 6. The predicted octanol–water partition coefficient (Wildman–Crippen LogP) is 1.71. The van der Waals surface area contributed by atoms with Crippen LogP contribution >= 0.6 is 11.6 Å². The van der Waals surface area contributed by atoms with Crippen molar-refractivity contribution in [3.05, 3.63) is 36.1 Å². The fourth-order valence-corrected chi connectivity index (χ4v) is 1.56. The fraction of sp³-hybridized carbons (Fsp3) is 0.200. The van der Waals surface area contributed by atoms with Crippen molar-refractivity contribution >= 4 is 11.6 Å². The molecular weight excluding hydrogens is 258 g/mol. The van der Waals surface area contributed by atoms with Crippen LogP contribution in [-0.4, -0.2) is 25.1 Å². The summed E-state index contributed by atoms with van der Waals surface area (Å²) in [5, 5.41) is 11.6. The van der Waals surface area contributed by atoms with Crippen LogP contribution in [0.5, 0.6) is 0 Å². The molecule has 0 fully saturated rings. The van der Waals surface area contributed by atoms with Crippen molar-refractivity contribution < 1.29 is 8.94 Å². The molecule has 3 rings (SSSR count). The molecule has 3 aromatic heterocycles. The van der Waals surface area contributed by atoms with Crippen molar-refractivity contribution in [3.63, 3.8) is 0 Å². The van der Waals surface area contributed by atoms with Crippen molar-refractivity contribution in [2.24, 2.45) is 0 Å². The molecule has 3 heterocycles. The lowest BCUT2D eigenvalue weighted by Gasteiger charge is -1.91. The summed E-state index contributed by atoms with van der Waals surface area (Å²) in [6.45, 7) is 0.369. The number of nitrogens with zero attached hydrogens (tertiary/aromatic N) is 5. The Hall–Kier alpha value is -2.15. The molecule has 0 amide bonds. The molecule has 0 radical (unpaired) electrons. The molecule has 8 heteroatoms. The first kappa shape index (κ1) is 11.0. The molecule has 0 aromatic carbocycles. The summed E-state index contributed by atoms with van der Waals surface area (Å²) in [5.41, 5.74) is 0.700. The molecule has 0 aliphatic carbocycles. The molecular formula is C10H8ClN5O2. The lowest BCUT2D eigenvalue weighted by molar-refractivity contribution is 0.406. The van der Waals surface area contributed by atoms with Gasteiger partial charge in [-0.1, -0.05) is 10.4 Å². The van der Waals surface area contributed by atoms with E-state index in [1.165, 1.54) is 0 Å². The van der Waals surface area contributed by atoms with Crippen LogP contribution in [-0.2, 0) is 12.4 Å². The largest absolute Gasteiger partial charge is 0.459 e. The summed E-state index contributed by atoms with van der Waals surface area (Å²) in [4.78, 5) is 4.19. The molecule has 0 bridgehead atoms. The number of halogens is 1. The van der Waals surface area contributed by atoms with Crippen LogP contribution < -0.4 is 0 Å². The highest BCUT2D eigenvalue weighted by atomic mass is 35.5. The first-order valence-electron chi connectivity index (χ1n) is 5.16. The van der Waals surface area contributed by atoms with Crippen LogP contribution in [0.1, 0.15) is 11.5 Å². The van der Waals surface area contributed by atoms with Gasteiger partial charge in [-0.2, -0.15) is 4.98 Å². The second-order valence-corrected chi connectivity index (χ2v) is 3.80. The number of rotatable bonds is 4. The monoisotopic (exact) mass is 265 g/mol. The van der Waals surface area contributed by atoms with E-state index in [9.17, 15) is 0 Å². The Morgan fingerprint density at radius 2 is 2.33 bits per heavy atom. The number of aromatic nitrogens is 5. The van der Waals surface area contributed by atoms with Gasteiger partial charge in [0.15, 0.2) is 11.6 Å². The maximum atomic E-state index is 5.64. The summed E-state index contributed by atoms with van der Waals surface area (Å²) in [7, 11) is 0. The minimum absolute atomic E-state index is 0.323. The number of hydrogen-bond donors (Lipinski definition) is 0. The average molecular weight is 266 g/mol. The lowest BCUT2D eigenvalue weighted by Crippen LogP contribution is -2.02. The molecule has 0 saturated heterocycles. The van der Waals surface area contributed by atoms with E-state index in [1.54, 1.807) is 29.3 Å². The number of furan rings is 1. The zero-order chi connectivity index (χ0) is 12.4. The third-order valence-corrected chi connectivity index (χ3v) is 2.50. The summed E-state index contributed by atoms with van der Waals surface area (Å²) in [6, 6.07) is 3.50. The van der Waals surface area contributed by atoms with Gasteiger partial charge < -0.3 is 8.94 Å². The zero-order valence-corrected chi connectivity index (χ0v) is 9.91. The second-order valence-electron chi connectivity index (χ2n) is 3.53. The Morgan fingerprint density at radius 3 is 3.06 bits per heavy atom. The van der Waals surface area contributed by atoms with E-state index in [1.807, 2.05) is 0 Å². The molecule has 18 heavy (non-hydrogen) atoms. The Bertz CT molecular complexity index is 630. The molecule has 3 aromatic rings. The Labute approximate surface area is 106 Å². The average Bonchev–Trinajstić information content (AvgIpc) is 3.10. The van der Waals surface area contributed by atoms with Crippen molar-refractivity contribution in [3.8, 4) is 11.7 Å². The van der Waals surface area contributed by atoms with E-state index in [-0.39, 0.29) is 0 Å². The maximum Gasteiger partial charge on any atom is 0.293 e. The van der Waals surface area contributed by atoms with Gasteiger partial charge in [0.25, 0.3) is 5.89 Å². The van der Waals surface area contributed by atoms with Gasteiger partial charge in [-0.3, -0.25) is 0 Å². The van der Waals surface area contributed by atoms with Crippen molar-refractivity contribution in [2.45, 2.75) is 12.4 Å². The normalized spacial score (nSPS) is 10.9. The van der Waals surface area contributed by atoms with Crippen LogP contribution in [0.4, 0.5) is 0 Å². The first-order valence-corrected chi connectivity index (χ1v) is 5.70. The van der Waals surface area contributed by atoms with Gasteiger partial charge in [-0.05, 0) is 12.1 Å². The summed E-state index contributed by atoms with van der Waals surface area (Å²) >= 11 is 5.64. The third-order valence-electron chi connectivity index (χ3n) is 2.23. The molecule has 0 unspecified atom stereocenters. The van der Waals surface area contributed by atoms with Gasteiger partial charge in [-0.25, -0.2) is 4.68 Å². The number of alkyl halides is 1. The van der Waals surface area contributed by atoms with Crippen molar-refractivity contribution in [2.75, 3.05) is 0 Å². The van der Waals surface area contributed by atoms with Crippen LogP contribution in [0.3, 0.4) is 0 Å². The van der Waals surface area contributed by atoms with E-state index in [0.717, 1.165) is 0 Å². The molecule has 0 saturated carbocycles. The van der Waals surface area contributed by atoms with Gasteiger partial charge in [0.2, 0.25) is 0 Å². The van der Waals surface area contributed by atoms with Gasteiger partial charge in [0.05, 0.1) is 24.0 Å². The van der Waals surface area contributed by atoms with Crippen molar-refractivity contribution in [1.29, 1.82) is 0 Å². The minimum atomic E-state index is 0.323. The van der Waals surface area contributed by atoms with Gasteiger partial charge in [0.1, 0.15) is 6.54 Å². The molecule has 0 aliphatic rings. The molecule has 92 valence electrons. The highest BCUT2D eigenvalue weighted by Gasteiger charge is 2.11. The lowest BCUT2D eigenvalue weighted by atomic mass is 10.4. The van der Waals surface area contributed by atoms with Gasteiger partial charge in [0, 0.05) is 0 Å². The first-order chi connectivity index (χ1) is 8.85.